The Morgan fingerprint density at radius 3 is 2.59 bits per heavy atom. The lowest BCUT2D eigenvalue weighted by Gasteiger charge is -2.24. The van der Waals surface area contributed by atoms with Crippen molar-refractivity contribution in [2.45, 2.75) is 26.4 Å². The fraction of sp³-hybridized carbons (Fsp3) is 0.185. The van der Waals surface area contributed by atoms with Crippen molar-refractivity contribution in [1.29, 1.82) is 0 Å². The van der Waals surface area contributed by atoms with Gasteiger partial charge in [0.15, 0.2) is 0 Å². The first-order chi connectivity index (χ1) is 15.6. The van der Waals surface area contributed by atoms with Crippen molar-refractivity contribution in [3.05, 3.63) is 113 Å². The molecule has 2 aromatic carbocycles. The first-order valence-corrected chi connectivity index (χ1v) is 10.9. The van der Waals surface area contributed by atoms with E-state index in [0.29, 0.717) is 5.82 Å². The molecule has 0 radical (unpaired) electrons. The third-order valence-electron chi connectivity index (χ3n) is 5.80. The molecule has 1 aliphatic heterocycles. The van der Waals surface area contributed by atoms with E-state index < -0.39 is 0 Å². The maximum atomic E-state index is 5.99. The van der Waals surface area contributed by atoms with Crippen molar-refractivity contribution >= 4 is 16.6 Å². The summed E-state index contributed by atoms with van der Waals surface area (Å²) >= 11 is 0. The molecule has 0 saturated heterocycles. The highest BCUT2D eigenvalue weighted by molar-refractivity contribution is 5.91. The van der Waals surface area contributed by atoms with Crippen LogP contribution in [0.4, 0.5) is 5.82 Å². The molecule has 0 fully saturated rings. The van der Waals surface area contributed by atoms with E-state index >= 15 is 0 Å². The maximum Gasteiger partial charge on any atom is 0.131 e. The van der Waals surface area contributed by atoms with Crippen molar-refractivity contribution in [2.75, 3.05) is 12.3 Å². The summed E-state index contributed by atoms with van der Waals surface area (Å²) in [5, 5.41) is 6.52. The van der Waals surface area contributed by atoms with Crippen molar-refractivity contribution in [2.24, 2.45) is 0 Å². The molecular formula is C27H27N5. The summed E-state index contributed by atoms with van der Waals surface area (Å²) in [6, 6.07) is 17.3. The van der Waals surface area contributed by atoms with Gasteiger partial charge in [0.2, 0.25) is 0 Å². The lowest BCUT2D eigenvalue weighted by atomic mass is 10.0. The number of allylic oxidation sites excluding steroid dienone is 2. The minimum absolute atomic E-state index is 0.586. The Morgan fingerprint density at radius 2 is 1.78 bits per heavy atom. The monoisotopic (exact) mass is 421 g/mol. The predicted molar refractivity (Wildman–Crippen MR) is 130 cm³/mol. The van der Waals surface area contributed by atoms with E-state index in [-0.39, 0.29) is 0 Å². The van der Waals surface area contributed by atoms with Gasteiger partial charge in [0.1, 0.15) is 5.82 Å². The molecule has 0 bridgehead atoms. The molecule has 5 nitrogen and oxygen atoms in total. The molecule has 2 N–H and O–H groups in total. The van der Waals surface area contributed by atoms with Gasteiger partial charge in [-0.2, -0.15) is 5.10 Å². The number of nitrogens with two attached hydrogens (primary N) is 1. The van der Waals surface area contributed by atoms with E-state index in [1.54, 1.807) is 6.20 Å². The van der Waals surface area contributed by atoms with Crippen LogP contribution in [0.5, 0.6) is 0 Å². The van der Waals surface area contributed by atoms with Gasteiger partial charge < -0.3 is 10.6 Å². The van der Waals surface area contributed by atoms with Gasteiger partial charge in [-0.1, -0.05) is 48.6 Å². The quantitative estimate of drug-likeness (QED) is 0.483. The van der Waals surface area contributed by atoms with E-state index in [4.69, 9.17) is 5.73 Å². The number of pyridine rings is 1. The summed E-state index contributed by atoms with van der Waals surface area (Å²) in [6.07, 6.45) is 13.4. The SMILES string of the molecule is Cc1cnn(Cc2ccc(CC3=CN(Cc4ccc5c(N)nccc5c4)CC=C3)cc2)c1. The normalized spacial score (nSPS) is 13.5. The highest BCUT2D eigenvalue weighted by Crippen LogP contribution is 2.22. The van der Waals surface area contributed by atoms with Crippen LogP contribution in [-0.4, -0.2) is 26.2 Å². The standard InChI is InChI=1S/C27H27N5/c1-20-15-30-32(16-20)19-22-6-4-21(5-7-22)13-23-3-2-12-31(17-23)18-24-8-9-26-25(14-24)10-11-29-27(26)28/h2-11,14-17H,12-13,18-19H2,1H3,(H2,28,29). The van der Waals surface area contributed by atoms with Gasteiger partial charge in [0.25, 0.3) is 0 Å². The minimum Gasteiger partial charge on any atom is -0.383 e. The van der Waals surface area contributed by atoms with E-state index in [2.05, 4.69) is 88.9 Å². The van der Waals surface area contributed by atoms with Gasteiger partial charge >= 0.3 is 0 Å². The van der Waals surface area contributed by atoms with E-state index in [9.17, 15) is 0 Å². The molecule has 3 heterocycles. The lowest BCUT2D eigenvalue weighted by Crippen LogP contribution is -2.20. The summed E-state index contributed by atoms with van der Waals surface area (Å²) in [4.78, 5) is 6.53. The summed E-state index contributed by atoms with van der Waals surface area (Å²) in [5.74, 6) is 0.586. The molecule has 32 heavy (non-hydrogen) atoms. The molecule has 1 aliphatic rings. The second-order valence-electron chi connectivity index (χ2n) is 8.50. The summed E-state index contributed by atoms with van der Waals surface area (Å²) in [6.45, 7) is 4.66. The summed E-state index contributed by atoms with van der Waals surface area (Å²) in [5.41, 5.74) is 12.3. The van der Waals surface area contributed by atoms with Crippen molar-refractivity contribution < 1.29 is 0 Å². The largest absolute Gasteiger partial charge is 0.383 e. The fourth-order valence-electron chi connectivity index (χ4n) is 4.21. The Hall–Kier alpha value is -3.86. The molecule has 160 valence electrons. The third kappa shape index (κ3) is 4.57. The molecule has 5 rings (SSSR count). The average Bonchev–Trinajstić information content (AvgIpc) is 3.20. The highest BCUT2D eigenvalue weighted by Gasteiger charge is 2.09. The highest BCUT2D eigenvalue weighted by atomic mass is 15.3. The topological polar surface area (TPSA) is 60.0 Å². The Morgan fingerprint density at radius 1 is 0.969 bits per heavy atom. The Kier molecular flexibility index (Phi) is 5.46. The molecule has 0 atom stereocenters. The van der Waals surface area contributed by atoms with Gasteiger partial charge in [0, 0.05) is 37.1 Å². The maximum absolute atomic E-state index is 5.99. The second kappa shape index (κ2) is 8.71. The van der Waals surface area contributed by atoms with Crippen LogP contribution in [0.2, 0.25) is 0 Å². The van der Waals surface area contributed by atoms with E-state index in [0.717, 1.165) is 36.8 Å². The van der Waals surface area contributed by atoms with Crippen LogP contribution in [0.25, 0.3) is 10.8 Å². The predicted octanol–water partition coefficient (Wildman–Crippen LogP) is 4.87. The number of aryl methyl sites for hydroxylation is 1. The molecule has 0 spiro atoms. The van der Waals surface area contributed by atoms with Crippen LogP contribution in [0, 0.1) is 6.92 Å². The van der Waals surface area contributed by atoms with Crippen LogP contribution in [0.3, 0.4) is 0 Å². The van der Waals surface area contributed by atoms with Crippen LogP contribution < -0.4 is 5.73 Å². The lowest BCUT2D eigenvalue weighted by molar-refractivity contribution is 0.401. The van der Waals surface area contributed by atoms with Gasteiger partial charge in [-0.15, -0.1) is 0 Å². The number of fused-ring (bicyclic) bond motifs is 1. The molecular weight excluding hydrogens is 394 g/mol. The summed E-state index contributed by atoms with van der Waals surface area (Å²) < 4.78 is 1.98. The van der Waals surface area contributed by atoms with Crippen molar-refractivity contribution in [1.82, 2.24) is 19.7 Å². The number of nitrogens with zero attached hydrogens (tertiary/aromatic N) is 4. The van der Waals surface area contributed by atoms with Gasteiger partial charge in [-0.05, 0) is 58.7 Å². The summed E-state index contributed by atoms with van der Waals surface area (Å²) in [7, 11) is 0. The third-order valence-corrected chi connectivity index (χ3v) is 5.80. The number of hydrogen-bond acceptors (Lipinski definition) is 4. The van der Waals surface area contributed by atoms with E-state index in [1.165, 1.54) is 27.8 Å². The Labute approximate surface area is 188 Å². The van der Waals surface area contributed by atoms with Gasteiger partial charge in [-0.25, -0.2) is 4.98 Å². The van der Waals surface area contributed by atoms with Gasteiger partial charge in [0.05, 0.1) is 12.7 Å². The first kappa shape index (κ1) is 20.1. The fourth-order valence-corrected chi connectivity index (χ4v) is 4.21. The van der Waals surface area contributed by atoms with E-state index in [1.807, 2.05) is 16.9 Å². The van der Waals surface area contributed by atoms with Gasteiger partial charge in [-0.3, -0.25) is 4.68 Å². The molecule has 0 aliphatic carbocycles. The number of benzene rings is 2. The number of anilines is 1. The van der Waals surface area contributed by atoms with Crippen LogP contribution >= 0.6 is 0 Å². The molecule has 4 aromatic rings. The first-order valence-electron chi connectivity index (χ1n) is 10.9. The molecule has 2 aromatic heterocycles. The zero-order chi connectivity index (χ0) is 21.9. The average molecular weight is 422 g/mol. The smallest absolute Gasteiger partial charge is 0.131 e. The molecule has 0 unspecified atom stereocenters. The molecule has 5 heteroatoms. The zero-order valence-electron chi connectivity index (χ0n) is 18.3. The van der Waals surface area contributed by atoms with Crippen LogP contribution in [0.1, 0.15) is 22.3 Å². The van der Waals surface area contributed by atoms with Crippen LogP contribution in [-0.2, 0) is 19.5 Å². The zero-order valence-corrected chi connectivity index (χ0v) is 18.3. The molecule has 0 amide bonds. The second-order valence-corrected chi connectivity index (χ2v) is 8.50. The number of nitrogen functional groups attached to an aromatic ring is 1. The van der Waals surface area contributed by atoms with Crippen molar-refractivity contribution in [3.63, 3.8) is 0 Å². The Balaban J connectivity index is 1.24. The van der Waals surface area contributed by atoms with Crippen LogP contribution in [0.15, 0.2) is 91.0 Å². The van der Waals surface area contributed by atoms with Crippen molar-refractivity contribution in [3.8, 4) is 0 Å². The number of hydrogen-bond donors (Lipinski definition) is 1. The minimum atomic E-state index is 0.586. The Bertz CT molecular complexity index is 1300. The number of rotatable bonds is 6. The number of aromatic nitrogens is 3. The molecule has 0 saturated carbocycles.